The Kier molecular flexibility index (Phi) is 6.04. The van der Waals surface area contributed by atoms with Crippen LogP contribution in [0.15, 0.2) is 10.6 Å². The van der Waals surface area contributed by atoms with Crippen molar-refractivity contribution in [2.75, 3.05) is 20.1 Å². The lowest BCUT2D eigenvalue weighted by molar-refractivity contribution is 0.0715. The van der Waals surface area contributed by atoms with Gasteiger partial charge in [-0.15, -0.1) is 0 Å². The molecule has 0 N–H and O–H groups in total. The standard InChI is InChI=1S/C22H33N5O2/c1-4-10-27-20-9-8-17(25(3)15-18-13-16(2)24-29-18)14-19(20)21(23-27)22(28)26-11-6-5-7-12-26/h13,17H,4-12,14-15H2,1-3H3. The summed E-state index contributed by atoms with van der Waals surface area (Å²) in [6.07, 6.45) is 7.37. The van der Waals surface area contributed by atoms with E-state index in [9.17, 15) is 4.79 Å². The maximum absolute atomic E-state index is 13.3. The summed E-state index contributed by atoms with van der Waals surface area (Å²) >= 11 is 0. The summed E-state index contributed by atoms with van der Waals surface area (Å²) in [4.78, 5) is 17.6. The van der Waals surface area contributed by atoms with E-state index in [0.717, 1.165) is 76.2 Å². The molecule has 29 heavy (non-hydrogen) atoms. The molecule has 1 fully saturated rings. The van der Waals surface area contributed by atoms with Crippen LogP contribution in [-0.2, 0) is 25.9 Å². The predicted molar refractivity (Wildman–Crippen MR) is 111 cm³/mol. The van der Waals surface area contributed by atoms with Crippen LogP contribution in [-0.4, -0.2) is 56.8 Å². The van der Waals surface area contributed by atoms with Gasteiger partial charge in [0.05, 0.1) is 12.2 Å². The maximum Gasteiger partial charge on any atom is 0.274 e. The van der Waals surface area contributed by atoms with Gasteiger partial charge in [0.1, 0.15) is 0 Å². The monoisotopic (exact) mass is 399 g/mol. The highest BCUT2D eigenvalue weighted by Gasteiger charge is 2.32. The van der Waals surface area contributed by atoms with Crippen LogP contribution in [0.4, 0.5) is 0 Å². The van der Waals surface area contributed by atoms with Crippen LogP contribution in [0.1, 0.15) is 72.2 Å². The molecule has 3 heterocycles. The molecule has 2 aromatic heterocycles. The van der Waals surface area contributed by atoms with Crippen molar-refractivity contribution in [2.24, 2.45) is 0 Å². The molecule has 0 aromatic carbocycles. The number of piperidine rings is 1. The molecule has 1 aliphatic carbocycles. The fourth-order valence-corrected chi connectivity index (χ4v) is 4.73. The lowest BCUT2D eigenvalue weighted by Crippen LogP contribution is -2.38. The van der Waals surface area contributed by atoms with E-state index in [-0.39, 0.29) is 5.91 Å². The molecule has 0 saturated carbocycles. The first kappa shape index (κ1) is 20.1. The molecule has 0 bridgehead atoms. The molecule has 2 aromatic rings. The number of likely N-dealkylation sites (tertiary alicyclic amines) is 1. The Balaban J connectivity index is 1.55. The van der Waals surface area contributed by atoms with Crippen molar-refractivity contribution in [2.45, 2.75) is 77.9 Å². The van der Waals surface area contributed by atoms with Crippen LogP contribution in [0, 0.1) is 6.92 Å². The highest BCUT2D eigenvalue weighted by atomic mass is 16.5. The first-order chi connectivity index (χ1) is 14.1. The fraction of sp³-hybridized carbons (Fsp3) is 0.682. The highest BCUT2D eigenvalue weighted by Crippen LogP contribution is 2.29. The zero-order valence-electron chi connectivity index (χ0n) is 18.0. The number of hydrogen-bond acceptors (Lipinski definition) is 5. The Labute approximate surface area is 173 Å². The van der Waals surface area contributed by atoms with Crippen LogP contribution in [0.2, 0.25) is 0 Å². The number of fused-ring (bicyclic) bond motifs is 1. The van der Waals surface area contributed by atoms with Crippen molar-refractivity contribution in [1.29, 1.82) is 0 Å². The molecule has 1 amide bonds. The molecule has 2 aliphatic rings. The molecule has 1 unspecified atom stereocenters. The van der Waals surface area contributed by atoms with Gasteiger partial charge in [-0.1, -0.05) is 12.1 Å². The minimum absolute atomic E-state index is 0.130. The summed E-state index contributed by atoms with van der Waals surface area (Å²) in [5, 5.41) is 8.81. The Morgan fingerprint density at radius 2 is 2.10 bits per heavy atom. The molecule has 0 radical (unpaired) electrons. The first-order valence-corrected chi connectivity index (χ1v) is 11.1. The number of nitrogens with zero attached hydrogens (tertiary/aromatic N) is 5. The van der Waals surface area contributed by atoms with E-state index in [1.807, 2.05) is 17.9 Å². The zero-order chi connectivity index (χ0) is 20.4. The number of amides is 1. The Morgan fingerprint density at radius 1 is 1.31 bits per heavy atom. The lowest BCUT2D eigenvalue weighted by atomic mass is 9.90. The van der Waals surface area contributed by atoms with Crippen molar-refractivity contribution in [3.8, 4) is 0 Å². The van der Waals surface area contributed by atoms with Crippen LogP contribution in [0.3, 0.4) is 0 Å². The Hall–Kier alpha value is -2.15. The predicted octanol–water partition coefficient (Wildman–Crippen LogP) is 3.20. The second kappa shape index (κ2) is 8.69. The fourth-order valence-electron chi connectivity index (χ4n) is 4.73. The molecule has 7 nitrogen and oxygen atoms in total. The SMILES string of the molecule is CCCn1nc(C(=O)N2CCCCC2)c2c1CCC(N(C)Cc1cc(C)no1)C2. The molecule has 4 rings (SSSR count). The number of hydrogen-bond donors (Lipinski definition) is 0. The van der Waals surface area contributed by atoms with E-state index in [1.165, 1.54) is 17.7 Å². The average molecular weight is 400 g/mol. The van der Waals surface area contributed by atoms with E-state index in [0.29, 0.717) is 11.7 Å². The van der Waals surface area contributed by atoms with Crippen LogP contribution >= 0.6 is 0 Å². The maximum atomic E-state index is 13.3. The van der Waals surface area contributed by atoms with E-state index in [4.69, 9.17) is 9.62 Å². The Bertz CT molecular complexity index is 850. The summed E-state index contributed by atoms with van der Waals surface area (Å²) in [5.74, 6) is 1.02. The Morgan fingerprint density at radius 3 is 2.79 bits per heavy atom. The number of carbonyl (C=O) groups is 1. The highest BCUT2D eigenvalue weighted by molar-refractivity contribution is 5.94. The second-order valence-corrected chi connectivity index (χ2v) is 8.60. The number of aromatic nitrogens is 3. The summed E-state index contributed by atoms with van der Waals surface area (Å²) in [6.45, 7) is 7.46. The smallest absolute Gasteiger partial charge is 0.274 e. The van der Waals surface area contributed by atoms with Gasteiger partial charge in [-0.2, -0.15) is 5.10 Å². The van der Waals surface area contributed by atoms with Gasteiger partial charge in [0.2, 0.25) is 0 Å². The molecule has 1 atom stereocenters. The van der Waals surface area contributed by atoms with Crippen LogP contribution in [0.5, 0.6) is 0 Å². The summed E-state index contributed by atoms with van der Waals surface area (Å²) < 4.78 is 7.50. The summed E-state index contributed by atoms with van der Waals surface area (Å²) in [5.41, 5.74) is 4.05. The van der Waals surface area contributed by atoms with Gasteiger partial charge < -0.3 is 9.42 Å². The summed E-state index contributed by atoms with van der Waals surface area (Å²) in [7, 11) is 2.14. The second-order valence-electron chi connectivity index (χ2n) is 8.60. The van der Waals surface area contributed by atoms with Crippen LogP contribution < -0.4 is 0 Å². The van der Waals surface area contributed by atoms with Crippen molar-refractivity contribution in [1.82, 2.24) is 24.7 Å². The van der Waals surface area contributed by atoms with Gasteiger partial charge in [-0.05, 0) is 58.9 Å². The average Bonchev–Trinajstić information content (AvgIpc) is 3.31. The van der Waals surface area contributed by atoms with Crippen molar-refractivity contribution in [3.63, 3.8) is 0 Å². The molecule has 158 valence electrons. The first-order valence-electron chi connectivity index (χ1n) is 11.1. The van der Waals surface area contributed by atoms with Gasteiger partial charge in [0.15, 0.2) is 11.5 Å². The quantitative estimate of drug-likeness (QED) is 0.746. The van der Waals surface area contributed by atoms with E-state index in [1.54, 1.807) is 0 Å². The minimum atomic E-state index is 0.130. The molecule has 7 heteroatoms. The third-order valence-corrected chi connectivity index (χ3v) is 6.31. The largest absolute Gasteiger partial charge is 0.360 e. The summed E-state index contributed by atoms with van der Waals surface area (Å²) in [6, 6.07) is 2.37. The molecule has 1 aliphatic heterocycles. The third kappa shape index (κ3) is 4.25. The number of carbonyl (C=O) groups excluding carboxylic acids is 1. The lowest BCUT2D eigenvalue weighted by Gasteiger charge is -2.31. The van der Waals surface area contributed by atoms with Gasteiger partial charge in [0, 0.05) is 43.0 Å². The minimum Gasteiger partial charge on any atom is -0.360 e. The van der Waals surface area contributed by atoms with Crippen molar-refractivity contribution < 1.29 is 9.32 Å². The van der Waals surface area contributed by atoms with Gasteiger partial charge in [-0.3, -0.25) is 14.4 Å². The van der Waals surface area contributed by atoms with Gasteiger partial charge >= 0.3 is 0 Å². The van der Waals surface area contributed by atoms with E-state index in [2.05, 4.69) is 28.7 Å². The normalized spacial score (nSPS) is 19.6. The number of likely N-dealkylation sites (N-methyl/N-ethyl adjacent to an activating group) is 1. The van der Waals surface area contributed by atoms with Crippen LogP contribution in [0.25, 0.3) is 0 Å². The van der Waals surface area contributed by atoms with E-state index < -0.39 is 0 Å². The molecule has 1 saturated heterocycles. The third-order valence-electron chi connectivity index (χ3n) is 6.31. The van der Waals surface area contributed by atoms with E-state index >= 15 is 0 Å². The number of rotatable bonds is 6. The van der Waals surface area contributed by atoms with Crippen molar-refractivity contribution >= 4 is 5.91 Å². The topological polar surface area (TPSA) is 67.4 Å². The molecular formula is C22H33N5O2. The van der Waals surface area contributed by atoms with Gasteiger partial charge in [-0.25, -0.2) is 0 Å². The van der Waals surface area contributed by atoms with Gasteiger partial charge in [0.25, 0.3) is 5.91 Å². The number of aryl methyl sites for hydroxylation is 2. The van der Waals surface area contributed by atoms with Crippen molar-refractivity contribution in [3.05, 3.63) is 34.5 Å². The molecule has 0 spiro atoms. The zero-order valence-corrected chi connectivity index (χ0v) is 18.0. The molecular weight excluding hydrogens is 366 g/mol.